The standard InChI is InChI=1S/C29H38BFO7/c1-6-27(4)13-22(38-23(33)15-36-19-11-18-14-37-30(35)24(18)20(31)12-19)28(5)16(2)7-9-29(17(3)26(27)34)10-8-21(32)25(28)29/h6,11-12,16-17,22,25-26,34-35H,1,7-10,13-15H2,2-5H3/t16-,17-,22+,25-,26-,27+,28-,29-/m0/s1. The van der Waals surface area contributed by atoms with E-state index >= 15 is 0 Å². The van der Waals surface area contributed by atoms with E-state index in [1.54, 1.807) is 12.1 Å². The van der Waals surface area contributed by atoms with Crippen molar-refractivity contribution in [1.82, 2.24) is 0 Å². The molecule has 3 aliphatic carbocycles. The number of hydrogen-bond donors (Lipinski definition) is 2. The van der Waals surface area contributed by atoms with Crippen molar-refractivity contribution in [3.05, 3.63) is 36.2 Å². The normalized spacial score (nSPS) is 40.1. The van der Waals surface area contributed by atoms with Crippen LogP contribution in [-0.2, 0) is 25.6 Å². The largest absolute Gasteiger partial charge is 0.494 e. The Morgan fingerprint density at radius 1 is 1.32 bits per heavy atom. The highest BCUT2D eigenvalue weighted by Crippen LogP contribution is 2.68. The number of fused-ring (bicyclic) bond motifs is 1. The summed E-state index contributed by atoms with van der Waals surface area (Å²) < 4.78 is 31.3. The van der Waals surface area contributed by atoms with Crippen LogP contribution in [0.4, 0.5) is 4.39 Å². The number of hydrogen-bond acceptors (Lipinski definition) is 7. The molecule has 3 fully saturated rings. The Morgan fingerprint density at radius 2 is 2.05 bits per heavy atom. The van der Waals surface area contributed by atoms with Crippen molar-refractivity contribution in [2.75, 3.05) is 6.61 Å². The summed E-state index contributed by atoms with van der Waals surface area (Å²) in [6.07, 6.45) is 3.65. The van der Waals surface area contributed by atoms with Crippen LogP contribution in [0.15, 0.2) is 24.8 Å². The number of carbonyl (C=O) groups is 2. The Hall–Kier alpha value is -2.23. The van der Waals surface area contributed by atoms with Gasteiger partial charge in [-0.2, -0.15) is 0 Å². The van der Waals surface area contributed by atoms with Gasteiger partial charge in [-0.05, 0) is 54.6 Å². The van der Waals surface area contributed by atoms with Crippen molar-refractivity contribution in [1.29, 1.82) is 0 Å². The lowest BCUT2D eigenvalue weighted by molar-refractivity contribution is -0.207. The van der Waals surface area contributed by atoms with Crippen LogP contribution in [0.25, 0.3) is 0 Å². The maximum atomic E-state index is 14.5. The molecule has 206 valence electrons. The van der Waals surface area contributed by atoms with Gasteiger partial charge in [-0.3, -0.25) is 4.79 Å². The molecule has 0 spiro atoms. The molecular formula is C29H38BFO7. The molecule has 0 radical (unpaired) electrons. The third-order valence-electron chi connectivity index (χ3n) is 10.8. The van der Waals surface area contributed by atoms with Crippen molar-refractivity contribution >= 4 is 24.3 Å². The minimum atomic E-state index is -1.32. The van der Waals surface area contributed by atoms with Crippen LogP contribution in [-0.4, -0.2) is 47.8 Å². The summed E-state index contributed by atoms with van der Waals surface area (Å²) in [7, 11) is -1.32. The van der Waals surface area contributed by atoms with Gasteiger partial charge in [0.25, 0.3) is 0 Å². The van der Waals surface area contributed by atoms with E-state index in [2.05, 4.69) is 27.4 Å². The molecule has 0 aromatic heterocycles. The zero-order chi connectivity index (χ0) is 27.6. The molecule has 1 aromatic rings. The highest BCUT2D eigenvalue weighted by molar-refractivity contribution is 6.61. The van der Waals surface area contributed by atoms with Crippen LogP contribution < -0.4 is 10.2 Å². The van der Waals surface area contributed by atoms with E-state index in [9.17, 15) is 24.1 Å². The smallest absolute Gasteiger partial charge is 0.482 e. The Balaban J connectivity index is 1.43. The van der Waals surface area contributed by atoms with E-state index in [0.29, 0.717) is 18.4 Å². The third kappa shape index (κ3) is 3.96. The van der Waals surface area contributed by atoms with Gasteiger partial charge in [0, 0.05) is 34.7 Å². The number of benzene rings is 1. The first-order chi connectivity index (χ1) is 17.9. The van der Waals surface area contributed by atoms with Gasteiger partial charge in [0.1, 0.15) is 23.5 Å². The molecule has 1 heterocycles. The van der Waals surface area contributed by atoms with Crippen LogP contribution in [0.1, 0.15) is 65.4 Å². The molecule has 7 nitrogen and oxygen atoms in total. The summed E-state index contributed by atoms with van der Waals surface area (Å²) in [5.41, 5.74) is -1.15. The first kappa shape index (κ1) is 27.3. The molecule has 0 saturated heterocycles. The quantitative estimate of drug-likeness (QED) is 0.344. The molecule has 1 aromatic carbocycles. The van der Waals surface area contributed by atoms with Gasteiger partial charge in [-0.25, -0.2) is 9.18 Å². The summed E-state index contributed by atoms with van der Waals surface area (Å²) in [5.74, 6) is -1.27. The topological polar surface area (TPSA) is 102 Å². The lowest BCUT2D eigenvalue weighted by Crippen LogP contribution is -2.63. The fraction of sp³-hybridized carbons (Fsp3) is 0.655. The summed E-state index contributed by atoms with van der Waals surface area (Å²) in [5, 5.41) is 21.4. The van der Waals surface area contributed by atoms with Gasteiger partial charge in [-0.15, -0.1) is 6.58 Å². The van der Waals surface area contributed by atoms with Crippen molar-refractivity contribution < 1.29 is 38.2 Å². The molecule has 0 amide bonds. The summed E-state index contributed by atoms with van der Waals surface area (Å²) >= 11 is 0. The Kier molecular flexibility index (Phi) is 6.80. The van der Waals surface area contributed by atoms with E-state index in [0.717, 1.165) is 25.3 Å². The van der Waals surface area contributed by atoms with Gasteiger partial charge >= 0.3 is 13.1 Å². The van der Waals surface area contributed by atoms with Crippen LogP contribution >= 0.6 is 0 Å². The second-order valence-corrected chi connectivity index (χ2v) is 12.5. The number of aliphatic hydroxyl groups excluding tert-OH is 1. The number of Topliss-reactive ketones (excluding diaryl/α,β-unsaturated/α-hetero) is 1. The van der Waals surface area contributed by atoms with Crippen LogP contribution in [0.2, 0.25) is 0 Å². The summed E-state index contributed by atoms with van der Waals surface area (Å²) in [6.45, 7) is 11.8. The molecular weight excluding hydrogens is 490 g/mol. The number of aliphatic hydroxyl groups is 1. The van der Waals surface area contributed by atoms with Gasteiger partial charge in [0.05, 0.1) is 12.7 Å². The molecule has 9 heteroatoms. The molecule has 1 aliphatic heterocycles. The maximum Gasteiger partial charge on any atom is 0.494 e. The van der Waals surface area contributed by atoms with Gasteiger partial charge < -0.3 is 24.3 Å². The van der Waals surface area contributed by atoms with Crippen molar-refractivity contribution in [2.45, 2.75) is 78.6 Å². The van der Waals surface area contributed by atoms with E-state index in [1.807, 2.05) is 6.92 Å². The van der Waals surface area contributed by atoms with Crippen LogP contribution in [0.5, 0.6) is 5.75 Å². The third-order valence-corrected chi connectivity index (χ3v) is 10.8. The molecule has 2 N–H and O–H groups in total. The number of ketones is 1. The monoisotopic (exact) mass is 528 g/mol. The number of rotatable bonds is 5. The predicted molar refractivity (Wildman–Crippen MR) is 139 cm³/mol. The average Bonchev–Trinajstić information content (AvgIpc) is 3.44. The number of esters is 1. The molecule has 8 atom stereocenters. The van der Waals surface area contributed by atoms with Gasteiger partial charge in [-0.1, -0.05) is 33.8 Å². The highest BCUT2D eigenvalue weighted by Gasteiger charge is 2.68. The minimum Gasteiger partial charge on any atom is -0.482 e. The van der Waals surface area contributed by atoms with E-state index in [-0.39, 0.29) is 46.8 Å². The molecule has 3 saturated carbocycles. The predicted octanol–water partition coefficient (Wildman–Crippen LogP) is 3.33. The number of carbonyl (C=O) groups excluding carboxylic acids is 2. The molecule has 0 unspecified atom stereocenters. The van der Waals surface area contributed by atoms with Crippen LogP contribution in [0.3, 0.4) is 0 Å². The molecule has 4 aliphatic rings. The average molecular weight is 528 g/mol. The lowest BCUT2D eigenvalue weighted by atomic mass is 9.44. The lowest BCUT2D eigenvalue weighted by Gasteiger charge is -2.61. The maximum absolute atomic E-state index is 14.5. The van der Waals surface area contributed by atoms with Gasteiger partial charge in [0.2, 0.25) is 0 Å². The zero-order valence-electron chi connectivity index (χ0n) is 22.7. The fourth-order valence-electron chi connectivity index (χ4n) is 8.21. The second kappa shape index (κ2) is 9.45. The first-order valence-corrected chi connectivity index (χ1v) is 13.7. The Labute approximate surface area is 223 Å². The molecule has 38 heavy (non-hydrogen) atoms. The second-order valence-electron chi connectivity index (χ2n) is 12.5. The first-order valence-electron chi connectivity index (χ1n) is 13.7. The highest BCUT2D eigenvalue weighted by atomic mass is 19.1. The van der Waals surface area contributed by atoms with E-state index < -0.39 is 48.5 Å². The van der Waals surface area contributed by atoms with E-state index in [4.69, 9.17) is 14.1 Å². The van der Waals surface area contributed by atoms with Crippen LogP contribution in [0, 0.1) is 39.8 Å². The minimum absolute atomic E-state index is 0.0471. The SMILES string of the molecule is C=C[C@]1(C)C[C@@H](OC(=O)COc2cc(F)c3c(c2)COB3O)[C@@]2(C)[C@@H]3C(=O)CC[C@@]3(CC[C@@H]2C)[C@@H](C)[C@@H]1O. The van der Waals surface area contributed by atoms with Crippen molar-refractivity contribution in [2.24, 2.45) is 34.0 Å². The Morgan fingerprint density at radius 3 is 2.76 bits per heavy atom. The van der Waals surface area contributed by atoms with Gasteiger partial charge in [0.15, 0.2) is 6.61 Å². The number of ether oxygens (including phenoxy) is 2. The zero-order valence-corrected chi connectivity index (χ0v) is 22.7. The summed E-state index contributed by atoms with van der Waals surface area (Å²) in [6, 6.07) is 2.66. The van der Waals surface area contributed by atoms with E-state index in [1.165, 1.54) is 0 Å². The molecule has 5 rings (SSSR count). The van der Waals surface area contributed by atoms with Crippen molar-refractivity contribution in [3.63, 3.8) is 0 Å². The van der Waals surface area contributed by atoms with Crippen molar-refractivity contribution in [3.8, 4) is 5.75 Å². The number of halogens is 1. The molecule has 2 bridgehead atoms. The summed E-state index contributed by atoms with van der Waals surface area (Å²) in [4.78, 5) is 26.7. The fourth-order valence-corrected chi connectivity index (χ4v) is 8.21. The Bertz CT molecular complexity index is 1160.